The Kier molecular flexibility index (Phi) is 9.07. The first-order valence-electron chi connectivity index (χ1n) is 11.0. The molecule has 1 amide bonds. The van der Waals surface area contributed by atoms with Crippen LogP contribution in [0.5, 0.6) is 5.75 Å². The van der Waals surface area contributed by atoms with Crippen molar-refractivity contribution in [3.05, 3.63) is 90.0 Å². The first-order chi connectivity index (χ1) is 16.4. The van der Waals surface area contributed by atoms with Crippen molar-refractivity contribution in [3.63, 3.8) is 0 Å². The number of nitrogens with one attached hydrogen (secondary N) is 1. The van der Waals surface area contributed by atoms with Crippen LogP contribution >= 0.6 is 0 Å². The summed E-state index contributed by atoms with van der Waals surface area (Å²) in [5, 5.41) is 0. The molecule has 0 aliphatic rings. The van der Waals surface area contributed by atoms with E-state index in [4.69, 9.17) is 9.47 Å². The molecule has 0 aliphatic heterocycles. The number of methoxy groups -OCH3 is 2. The minimum atomic E-state index is -3.87. The van der Waals surface area contributed by atoms with Crippen LogP contribution in [-0.4, -0.2) is 53.1 Å². The van der Waals surface area contributed by atoms with Gasteiger partial charge in [0.05, 0.1) is 18.6 Å². The van der Waals surface area contributed by atoms with E-state index in [9.17, 15) is 13.2 Å². The third-order valence-corrected chi connectivity index (χ3v) is 6.70. The summed E-state index contributed by atoms with van der Waals surface area (Å²) in [6, 6.07) is 22.7. The molecule has 3 aromatic rings. The van der Waals surface area contributed by atoms with Gasteiger partial charge in [-0.25, -0.2) is 8.42 Å². The molecule has 0 heterocycles. The lowest BCUT2D eigenvalue weighted by Crippen LogP contribution is -2.35. The molecule has 1 N–H and O–H groups in total. The number of hydrogen-bond donors (Lipinski definition) is 1. The van der Waals surface area contributed by atoms with Crippen molar-refractivity contribution in [3.8, 4) is 5.75 Å². The summed E-state index contributed by atoms with van der Waals surface area (Å²) in [5.74, 6) is 0.394. The van der Waals surface area contributed by atoms with Crippen LogP contribution in [0.25, 0.3) is 0 Å². The van der Waals surface area contributed by atoms with E-state index in [0.29, 0.717) is 36.7 Å². The van der Waals surface area contributed by atoms with Crippen molar-refractivity contribution in [1.82, 2.24) is 4.90 Å². The number of hydrogen-bond acceptors (Lipinski definition) is 5. The van der Waals surface area contributed by atoms with Gasteiger partial charge in [-0.2, -0.15) is 0 Å². The number of rotatable bonds is 12. The Labute approximate surface area is 201 Å². The van der Waals surface area contributed by atoms with Crippen LogP contribution in [0.4, 0.5) is 5.69 Å². The quantitative estimate of drug-likeness (QED) is 0.418. The smallest absolute Gasteiger partial charge is 0.261 e. The zero-order chi connectivity index (χ0) is 24.4. The SMILES string of the molecule is COCCN(CCCc1ccccc1)C(=O)c1cccc(S(=O)(=O)Nc2ccc(OC)cc2)c1. The molecule has 0 saturated carbocycles. The van der Waals surface area contributed by atoms with Gasteiger partial charge in [0, 0.05) is 31.5 Å². The van der Waals surface area contributed by atoms with Crippen LogP contribution in [0.1, 0.15) is 22.3 Å². The Morgan fingerprint density at radius 3 is 2.32 bits per heavy atom. The summed E-state index contributed by atoms with van der Waals surface area (Å²) in [6.45, 7) is 1.36. The second-order valence-electron chi connectivity index (χ2n) is 7.74. The summed E-state index contributed by atoms with van der Waals surface area (Å²) in [5.41, 5.74) is 1.92. The highest BCUT2D eigenvalue weighted by Gasteiger charge is 2.20. The van der Waals surface area contributed by atoms with Crippen LogP contribution < -0.4 is 9.46 Å². The Bertz CT molecular complexity index is 1170. The van der Waals surface area contributed by atoms with Crippen LogP contribution in [0, 0.1) is 0 Å². The van der Waals surface area contributed by atoms with E-state index < -0.39 is 10.0 Å². The standard InChI is InChI=1S/C26H30N2O5S/c1-32-19-18-28(17-7-10-21-8-4-3-5-9-21)26(29)22-11-6-12-25(20-22)34(30,31)27-23-13-15-24(33-2)16-14-23/h3-6,8-9,11-16,20,27H,7,10,17-19H2,1-2H3. The lowest BCUT2D eigenvalue weighted by atomic mass is 10.1. The fourth-order valence-corrected chi connectivity index (χ4v) is 4.59. The van der Waals surface area contributed by atoms with E-state index in [1.807, 2.05) is 18.2 Å². The topological polar surface area (TPSA) is 84.9 Å². The van der Waals surface area contributed by atoms with Crippen molar-refractivity contribution in [2.24, 2.45) is 0 Å². The van der Waals surface area contributed by atoms with E-state index in [1.54, 1.807) is 55.5 Å². The Morgan fingerprint density at radius 2 is 1.65 bits per heavy atom. The molecule has 0 aromatic heterocycles. The zero-order valence-electron chi connectivity index (χ0n) is 19.4. The van der Waals surface area contributed by atoms with E-state index in [2.05, 4.69) is 16.9 Å². The number of amides is 1. The van der Waals surface area contributed by atoms with Crippen molar-refractivity contribution in [2.45, 2.75) is 17.7 Å². The molecule has 0 bridgehead atoms. The molecule has 0 saturated heterocycles. The van der Waals surface area contributed by atoms with Gasteiger partial charge >= 0.3 is 0 Å². The van der Waals surface area contributed by atoms with Gasteiger partial charge in [0.15, 0.2) is 0 Å². The highest BCUT2D eigenvalue weighted by Crippen LogP contribution is 2.20. The Morgan fingerprint density at radius 1 is 0.912 bits per heavy atom. The molecule has 8 heteroatoms. The maximum Gasteiger partial charge on any atom is 0.261 e. The van der Waals surface area contributed by atoms with Gasteiger partial charge in [0.25, 0.3) is 15.9 Å². The van der Waals surface area contributed by atoms with E-state index in [1.165, 1.54) is 17.7 Å². The second kappa shape index (κ2) is 12.2. The van der Waals surface area contributed by atoms with E-state index in [0.717, 1.165) is 12.8 Å². The number of sulfonamides is 1. The third-order valence-electron chi connectivity index (χ3n) is 5.32. The predicted molar refractivity (Wildman–Crippen MR) is 133 cm³/mol. The highest BCUT2D eigenvalue weighted by molar-refractivity contribution is 7.92. The van der Waals surface area contributed by atoms with Crippen LogP contribution in [0.3, 0.4) is 0 Å². The Hall–Kier alpha value is -3.36. The number of anilines is 1. The van der Waals surface area contributed by atoms with Gasteiger partial charge in [-0.3, -0.25) is 9.52 Å². The van der Waals surface area contributed by atoms with Crippen molar-refractivity contribution < 1.29 is 22.7 Å². The molecule has 34 heavy (non-hydrogen) atoms. The van der Waals surface area contributed by atoms with Crippen molar-refractivity contribution >= 4 is 21.6 Å². The lowest BCUT2D eigenvalue weighted by molar-refractivity contribution is 0.0693. The van der Waals surface area contributed by atoms with Crippen LogP contribution in [0.15, 0.2) is 83.8 Å². The lowest BCUT2D eigenvalue weighted by Gasteiger charge is -2.23. The summed E-state index contributed by atoms with van der Waals surface area (Å²) in [7, 11) is -0.742. The largest absolute Gasteiger partial charge is 0.497 e. The first-order valence-corrected chi connectivity index (χ1v) is 12.5. The normalized spacial score (nSPS) is 11.1. The first kappa shape index (κ1) is 25.3. The fraction of sp³-hybridized carbons (Fsp3) is 0.269. The Balaban J connectivity index is 1.72. The number of aryl methyl sites for hydroxylation is 1. The monoisotopic (exact) mass is 482 g/mol. The molecule has 0 aliphatic carbocycles. The predicted octanol–water partition coefficient (Wildman–Crippen LogP) is 4.22. The molecule has 0 spiro atoms. The van der Waals surface area contributed by atoms with Gasteiger partial charge in [0.2, 0.25) is 0 Å². The average molecular weight is 483 g/mol. The summed E-state index contributed by atoms with van der Waals surface area (Å²) in [4.78, 5) is 15.0. The minimum Gasteiger partial charge on any atom is -0.497 e. The van der Waals surface area contributed by atoms with Crippen molar-refractivity contribution in [1.29, 1.82) is 0 Å². The van der Waals surface area contributed by atoms with E-state index >= 15 is 0 Å². The molecule has 0 radical (unpaired) electrons. The van der Waals surface area contributed by atoms with Gasteiger partial charge in [0.1, 0.15) is 5.75 Å². The third kappa shape index (κ3) is 7.07. The zero-order valence-corrected chi connectivity index (χ0v) is 20.3. The molecular weight excluding hydrogens is 452 g/mol. The molecule has 7 nitrogen and oxygen atoms in total. The number of carbonyl (C=O) groups is 1. The molecule has 180 valence electrons. The van der Waals surface area contributed by atoms with Crippen molar-refractivity contribution in [2.75, 3.05) is 38.6 Å². The molecule has 0 unspecified atom stereocenters. The number of benzene rings is 3. The van der Waals surface area contributed by atoms with Gasteiger partial charge in [-0.1, -0.05) is 36.4 Å². The van der Waals surface area contributed by atoms with E-state index in [-0.39, 0.29) is 10.8 Å². The molecule has 3 aromatic carbocycles. The minimum absolute atomic E-state index is 0.0187. The fourth-order valence-electron chi connectivity index (χ4n) is 3.49. The number of carbonyl (C=O) groups excluding carboxylic acids is 1. The van der Waals surface area contributed by atoms with Crippen LogP contribution in [0.2, 0.25) is 0 Å². The number of ether oxygens (including phenoxy) is 2. The van der Waals surface area contributed by atoms with Gasteiger partial charge in [-0.05, 0) is 60.9 Å². The van der Waals surface area contributed by atoms with Gasteiger partial charge in [-0.15, -0.1) is 0 Å². The maximum absolute atomic E-state index is 13.2. The van der Waals surface area contributed by atoms with Crippen LogP contribution in [-0.2, 0) is 21.2 Å². The average Bonchev–Trinajstić information content (AvgIpc) is 2.86. The molecule has 0 fully saturated rings. The second-order valence-corrected chi connectivity index (χ2v) is 9.42. The maximum atomic E-state index is 13.2. The molecule has 0 atom stereocenters. The molecule has 3 rings (SSSR count). The summed E-state index contributed by atoms with van der Waals surface area (Å²) < 4.78 is 38.6. The summed E-state index contributed by atoms with van der Waals surface area (Å²) >= 11 is 0. The number of nitrogens with zero attached hydrogens (tertiary/aromatic N) is 1. The van der Waals surface area contributed by atoms with Gasteiger partial charge < -0.3 is 14.4 Å². The summed E-state index contributed by atoms with van der Waals surface area (Å²) in [6.07, 6.45) is 1.63. The molecular formula is C26H30N2O5S. The highest BCUT2D eigenvalue weighted by atomic mass is 32.2.